The molecule has 0 saturated carbocycles. The van der Waals surface area contributed by atoms with Gasteiger partial charge in [-0.2, -0.15) is 5.10 Å². The smallest absolute Gasteiger partial charge is 0.262 e. The number of hydrogen-bond acceptors (Lipinski definition) is 6. The number of morpholine rings is 1. The van der Waals surface area contributed by atoms with Crippen LogP contribution in [0.3, 0.4) is 0 Å². The largest absolute Gasteiger partial charge is 0.497 e. The van der Waals surface area contributed by atoms with Crippen molar-refractivity contribution in [1.29, 1.82) is 0 Å². The maximum absolute atomic E-state index is 13.6. The SMILES string of the molecule is CCC(=O)N(CCN1CCOCC1)CC(=O)N1N=C(c2ccc(OC)cc2)C[C@H]1c1ccccc1. The monoisotopic (exact) mass is 478 g/mol. The number of hydrogen-bond donors (Lipinski definition) is 0. The van der Waals surface area contributed by atoms with Crippen LogP contribution in [-0.2, 0) is 14.3 Å². The van der Waals surface area contributed by atoms with Gasteiger partial charge in [0.15, 0.2) is 0 Å². The van der Waals surface area contributed by atoms with Crippen LogP contribution in [0.25, 0.3) is 0 Å². The highest BCUT2D eigenvalue weighted by atomic mass is 16.5. The molecule has 2 aliphatic rings. The van der Waals surface area contributed by atoms with E-state index in [0.717, 1.165) is 42.2 Å². The predicted octanol–water partition coefficient (Wildman–Crippen LogP) is 2.94. The molecule has 1 saturated heterocycles. The summed E-state index contributed by atoms with van der Waals surface area (Å²) in [7, 11) is 1.64. The van der Waals surface area contributed by atoms with Gasteiger partial charge in [0, 0.05) is 39.0 Å². The van der Waals surface area contributed by atoms with Crippen LogP contribution in [0, 0.1) is 0 Å². The first-order valence-electron chi connectivity index (χ1n) is 12.3. The van der Waals surface area contributed by atoms with Gasteiger partial charge >= 0.3 is 0 Å². The molecule has 35 heavy (non-hydrogen) atoms. The Balaban J connectivity index is 1.52. The molecular formula is C27H34N4O4. The molecule has 0 aliphatic carbocycles. The van der Waals surface area contributed by atoms with Gasteiger partial charge in [-0.1, -0.05) is 37.3 Å². The third kappa shape index (κ3) is 6.26. The first kappa shape index (κ1) is 24.9. The number of carbonyl (C=O) groups is 2. The van der Waals surface area contributed by atoms with Crippen LogP contribution in [0.5, 0.6) is 5.75 Å². The molecule has 2 aromatic rings. The lowest BCUT2D eigenvalue weighted by Gasteiger charge is -2.31. The molecule has 8 heteroatoms. The summed E-state index contributed by atoms with van der Waals surface area (Å²) in [6, 6.07) is 17.4. The van der Waals surface area contributed by atoms with Crippen LogP contribution in [0.2, 0.25) is 0 Å². The van der Waals surface area contributed by atoms with Crippen LogP contribution < -0.4 is 4.74 Å². The molecule has 0 radical (unpaired) electrons. The fraction of sp³-hybridized carbons (Fsp3) is 0.444. The highest BCUT2D eigenvalue weighted by molar-refractivity contribution is 6.03. The fourth-order valence-electron chi connectivity index (χ4n) is 4.47. The van der Waals surface area contributed by atoms with E-state index in [1.165, 1.54) is 0 Å². The lowest BCUT2D eigenvalue weighted by atomic mass is 9.98. The molecule has 2 aliphatic heterocycles. The summed E-state index contributed by atoms with van der Waals surface area (Å²) in [5.74, 6) is 0.571. The van der Waals surface area contributed by atoms with Crippen LogP contribution in [0.15, 0.2) is 59.7 Å². The number of benzene rings is 2. The maximum Gasteiger partial charge on any atom is 0.262 e. The normalized spacial score (nSPS) is 18.3. The second-order valence-corrected chi connectivity index (χ2v) is 8.77. The molecule has 4 rings (SSSR count). The predicted molar refractivity (Wildman–Crippen MR) is 134 cm³/mol. The summed E-state index contributed by atoms with van der Waals surface area (Å²) in [4.78, 5) is 30.2. The van der Waals surface area contributed by atoms with Crippen molar-refractivity contribution in [2.24, 2.45) is 5.10 Å². The number of carbonyl (C=O) groups excluding carboxylic acids is 2. The second kappa shape index (κ2) is 12.0. The van der Waals surface area contributed by atoms with Crippen molar-refractivity contribution in [3.63, 3.8) is 0 Å². The van der Waals surface area contributed by atoms with Crippen molar-refractivity contribution in [2.45, 2.75) is 25.8 Å². The maximum atomic E-state index is 13.6. The Morgan fingerprint density at radius 1 is 1.09 bits per heavy atom. The first-order valence-corrected chi connectivity index (χ1v) is 12.3. The molecule has 2 amide bonds. The standard InChI is InChI=1S/C27H34N4O4/c1-3-26(32)30(14-13-29-15-17-35-18-16-29)20-27(33)31-25(22-7-5-4-6-8-22)19-24(28-31)21-9-11-23(34-2)12-10-21/h4-12,25H,3,13-20H2,1-2H3/t25-/m0/s1. The number of nitrogens with zero attached hydrogens (tertiary/aromatic N) is 4. The van der Waals surface area contributed by atoms with Crippen molar-refractivity contribution in [1.82, 2.24) is 14.8 Å². The molecular weight excluding hydrogens is 444 g/mol. The summed E-state index contributed by atoms with van der Waals surface area (Å²) >= 11 is 0. The van der Waals surface area contributed by atoms with E-state index in [1.807, 2.05) is 61.5 Å². The Labute approximate surface area is 207 Å². The number of rotatable bonds is 9. The molecule has 186 valence electrons. The zero-order valence-corrected chi connectivity index (χ0v) is 20.6. The summed E-state index contributed by atoms with van der Waals surface area (Å²) in [5, 5.41) is 6.32. The van der Waals surface area contributed by atoms with Gasteiger partial charge < -0.3 is 14.4 Å². The Morgan fingerprint density at radius 3 is 2.46 bits per heavy atom. The van der Waals surface area contributed by atoms with E-state index >= 15 is 0 Å². The van der Waals surface area contributed by atoms with E-state index in [2.05, 4.69) is 4.90 Å². The molecule has 0 spiro atoms. The zero-order valence-electron chi connectivity index (χ0n) is 20.6. The van der Waals surface area contributed by atoms with Crippen LogP contribution in [-0.4, -0.2) is 85.4 Å². The van der Waals surface area contributed by atoms with Gasteiger partial charge in [-0.05, 0) is 35.4 Å². The average Bonchev–Trinajstić information content (AvgIpc) is 3.37. The molecule has 2 heterocycles. The molecule has 0 aromatic heterocycles. The van der Waals surface area contributed by atoms with E-state index in [1.54, 1.807) is 17.0 Å². The van der Waals surface area contributed by atoms with Crippen molar-refractivity contribution >= 4 is 17.5 Å². The number of methoxy groups -OCH3 is 1. The molecule has 8 nitrogen and oxygen atoms in total. The average molecular weight is 479 g/mol. The highest BCUT2D eigenvalue weighted by Crippen LogP contribution is 2.33. The van der Waals surface area contributed by atoms with E-state index in [4.69, 9.17) is 14.6 Å². The molecule has 1 fully saturated rings. The first-order chi connectivity index (χ1) is 17.1. The molecule has 0 unspecified atom stereocenters. The van der Waals surface area contributed by atoms with Crippen molar-refractivity contribution in [3.05, 3.63) is 65.7 Å². The highest BCUT2D eigenvalue weighted by Gasteiger charge is 2.34. The van der Waals surface area contributed by atoms with Gasteiger partial charge in [-0.3, -0.25) is 14.5 Å². The zero-order chi connectivity index (χ0) is 24.6. The number of ether oxygens (including phenoxy) is 2. The van der Waals surface area contributed by atoms with Crippen LogP contribution in [0.1, 0.15) is 36.9 Å². The van der Waals surface area contributed by atoms with Crippen molar-refractivity contribution in [2.75, 3.05) is 53.0 Å². The second-order valence-electron chi connectivity index (χ2n) is 8.77. The van der Waals surface area contributed by atoms with Crippen LogP contribution >= 0.6 is 0 Å². The summed E-state index contributed by atoms with van der Waals surface area (Å²) in [6.45, 7) is 6.19. The molecule has 0 N–H and O–H groups in total. The summed E-state index contributed by atoms with van der Waals surface area (Å²) in [5.41, 5.74) is 2.82. The minimum Gasteiger partial charge on any atom is -0.497 e. The minimum atomic E-state index is -0.210. The fourth-order valence-corrected chi connectivity index (χ4v) is 4.47. The van der Waals surface area contributed by atoms with Crippen molar-refractivity contribution < 1.29 is 19.1 Å². The van der Waals surface area contributed by atoms with Gasteiger partial charge in [0.2, 0.25) is 5.91 Å². The Hall–Kier alpha value is -3.23. The van der Waals surface area contributed by atoms with E-state index in [0.29, 0.717) is 32.6 Å². The van der Waals surface area contributed by atoms with E-state index < -0.39 is 0 Å². The van der Waals surface area contributed by atoms with Gasteiger partial charge in [0.05, 0.1) is 32.1 Å². The lowest BCUT2D eigenvalue weighted by molar-refractivity contribution is -0.141. The molecule has 2 aromatic carbocycles. The number of hydrazone groups is 1. The van der Waals surface area contributed by atoms with Crippen LogP contribution in [0.4, 0.5) is 0 Å². The number of amides is 2. The minimum absolute atomic E-state index is 0.0136. The van der Waals surface area contributed by atoms with Gasteiger partial charge in [-0.25, -0.2) is 5.01 Å². The van der Waals surface area contributed by atoms with E-state index in [-0.39, 0.29) is 24.4 Å². The molecule has 0 bridgehead atoms. The lowest BCUT2D eigenvalue weighted by Crippen LogP contribution is -2.46. The third-order valence-electron chi connectivity index (χ3n) is 6.54. The van der Waals surface area contributed by atoms with Gasteiger partial charge in [-0.15, -0.1) is 0 Å². The summed E-state index contributed by atoms with van der Waals surface area (Å²) < 4.78 is 10.7. The topological polar surface area (TPSA) is 74.7 Å². The van der Waals surface area contributed by atoms with Gasteiger partial charge in [0.25, 0.3) is 5.91 Å². The Kier molecular flexibility index (Phi) is 8.50. The Morgan fingerprint density at radius 2 is 1.80 bits per heavy atom. The van der Waals surface area contributed by atoms with Crippen molar-refractivity contribution in [3.8, 4) is 5.75 Å². The molecule has 1 atom stereocenters. The quantitative estimate of drug-likeness (QED) is 0.554. The third-order valence-corrected chi connectivity index (χ3v) is 6.54. The van der Waals surface area contributed by atoms with E-state index in [9.17, 15) is 9.59 Å². The van der Waals surface area contributed by atoms with Gasteiger partial charge in [0.1, 0.15) is 12.3 Å². The summed E-state index contributed by atoms with van der Waals surface area (Å²) in [6.07, 6.45) is 0.969. The Bertz CT molecular complexity index is 1020.